The second-order valence-electron chi connectivity index (χ2n) is 9.09. The highest BCUT2D eigenvalue weighted by Gasteiger charge is 2.45. The molecule has 0 unspecified atom stereocenters. The first kappa shape index (κ1) is 24.7. The van der Waals surface area contributed by atoms with Gasteiger partial charge in [-0.05, 0) is 43.3 Å². The van der Waals surface area contributed by atoms with Crippen LogP contribution >= 0.6 is 0 Å². The predicted octanol–water partition coefficient (Wildman–Crippen LogP) is 2.59. The molecule has 2 N–H and O–H groups in total. The Morgan fingerprint density at radius 3 is 1.97 bits per heavy atom. The van der Waals surface area contributed by atoms with Gasteiger partial charge in [-0.1, -0.05) is 42.0 Å². The fourth-order valence-corrected chi connectivity index (χ4v) is 6.77. The van der Waals surface area contributed by atoms with Gasteiger partial charge in [0, 0.05) is 13.1 Å². The van der Waals surface area contributed by atoms with Crippen LogP contribution in [0.15, 0.2) is 77.7 Å². The Morgan fingerprint density at radius 2 is 1.42 bits per heavy atom. The van der Waals surface area contributed by atoms with Crippen LogP contribution in [0.1, 0.15) is 5.56 Å². The molecule has 11 heteroatoms. The molecule has 9 nitrogen and oxygen atoms in total. The third-order valence-electron chi connectivity index (χ3n) is 6.51. The van der Waals surface area contributed by atoms with Crippen LogP contribution in [0.25, 0.3) is 0 Å². The van der Waals surface area contributed by atoms with Crippen molar-refractivity contribution < 1.29 is 26.7 Å². The summed E-state index contributed by atoms with van der Waals surface area (Å²) in [5, 5.41) is 11.5. The van der Waals surface area contributed by atoms with Gasteiger partial charge < -0.3 is 14.7 Å². The number of piperidine rings is 1. The first-order chi connectivity index (χ1) is 17.0. The lowest BCUT2D eigenvalue weighted by molar-refractivity contribution is 0.0648. The van der Waals surface area contributed by atoms with Crippen LogP contribution in [-0.2, 0) is 20.0 Å². The summed E-state index contributed by atoms with van der Waals surface area (Å²) in [6, 6.07) is 18.9. The van der Waals surface area contributed by atoms with Crippen molar-refractivity contribution in [1.82, 2.24) is 9.03 Å². The third kappa shape index (κ3) is 4.60. The monoisotopic (exact) mass is 529 g/mol. The van der Waals surface area contributed by atoms with E-state index in [1.165, 1.54) is 16.4 Å². The summed E-state index contributed by atoms with van der Waals surface area (Å²) in [5.74, 6) is 1.10. The van der Waals surface area contributed by atoms with E-state index in [0.29, 0.717) is 22.9 Å². The summed E-state index contributed by atoms with van der Waals surface area (Å²) in [5.41, 5.74) is 2.20. The van der Waals surface area contributed by atoms with Crippen LogP contribution < -0.4 is 14.4 Å². The minimum atomic E-state index is -4.03. The second kappa shape index (κ2) is 9.16. The summed E-state index contributed by atoms with van der Waals surface area (Å²) < 4.78 is 61.4. The Morgan fingerprint density at radius 1 is 0.861 bits per heavy atom. The van der Waals surface area contributed by atoms with E-state index in [1.54, 1.807) is 24.3 Å². The predicted molar refractivity (Wildman–Crippen MR) is 137 cm³/mol. The number of fused-ring (bicyclic) bond motifs is 2. The van der Waals surface area contributed by atoms with Crippen LogP contribution in [0.5, 0.6) is 11.5 Å². The summed E-state index contributed by atoms with van der Waals surface area (Å²) in [4.78, 5) is 1.87. The van der Waals surface area contributed by atoms with Crippen LogP contribution in [0.3, 0.4) is 0 Å². The number of nitrogens with zero attached hydrogens (tertiary/aromatic N) is 2. The highest BCUT2D eigenvalue weighted by molar-refractivity contribution is 7.89. The SMILES string of the molecule is Cc1ccc(S(=O)(=O)N[C@@H]2CN(S(C)(=O)=O)C[C@H](N3c4ccccc4Oc4ccccc43)[C@H]2O)cc1. The van der Waals surface area contributed by atoms with Gasteiger partial charge in [-0.25, -0.2) is 21.6 Å². The van der Waals surface area contributed by atoms with Gasteiger partial charge in [0.15, 0.2) is 11.5 Å². The summed E-state index contributed by atoms with van der Waals surface area (Å²) >= 11 is 0. The quantitative estimate of drug-likeness (QED) is 0.522. The minimum absolute atomic E-state index is 0.0363. The largest absolute Gasteiger partial charge is 0.453 e. The van der Waals surface area contributed by atoms with Crippen molar-refractivity contribution in [2.45, 2.75) is 30.0 Å². The van der Waals surface area contributed by atoms with E-state index in [2.05, 4.69) is 4.72 Å². The van der Waals surface area contributed by atoms with E-state index in [1.807, 2.05) is 48.2 Å². The van der Waals surface area contributed by atoms with E-state index in [-0.39, 0.29) is 18.0 Å². The highest BCUT2D eigenvalue weighted by atomic mass is 32.2. The maximum atomic E-state index is 13.2. The maximum absolute atomic E-state index is 13.2. The molecule has 3 atom stereocenters. The summed E-state index contributed by atoms with van der Waals surface area (Å²) in [6.07, 6.45) is -0.156. The van der Waals surface area contributed by atoms with Crippen molar-refractivity contribution in [3.05, 3.63) is 78.4 Å². The molecule has 0 bridgehead atoms. The lowest BCUT2D eigenvalue weighted by Gasteiger charge is -2.47. The van der Waals surface area contributed by atoms with Crippen LogP contribution in [0.4, 0.5) is 11.4 Å². The van der Waals surface area contributed by atoms with Gasteiger partial charge in [0.05, 0.1) is 40.7 Å². The number of sulfonamides is 2. The number of aliphatic hydroxyl groups is 1. The molecule has 1 fully saturated rings. The zero-order valence-corrected chi connectivity index (χ0v) is 21.4. The third-order valence-corrected chi connectivity index (χ3v) is 9.25. The lowest BCUT2D eigenvalue weighted by atomic mass is 9.96. The number of aliphatic hydroxyl groups excluding tert-OH is 1. The van der Waals surface area contributed by atoms with Crippen molar-refractivity contribution in [1.29, 1.82) is 0 Å². The molecule has 0 aliphatic carbocycles. The number of ether oxygens (including phenoxy) is 1. The molecule has 2 aliphatic rings. The molecule has 36 heavy (non-hydrogen) atoms. The fraction of sp³-hybridized carbons (Fsp3) is 0.280. The van der Waals surface area contributed by atoms with Crippen LogP contribution in [-0.4, -0.2) is 63.8 Å². The second-order valence-corrected chi connectivity index (χ2v) is 12.8. The summed E-state index contributed by atoms with van der Waals surface area (Å²) in [6.45, 7) is 1.61. The smallest absolute Gasteiger partial charge is 0.240 e. The van der Waals surface area contributed by atoms with Crippen molar-refractivity contribution in [3.63, 3.8) is 0 Å². The average Bonchev–Trinajstić information content (AvgIpc) is 2.83. The number of benzene rings is 3. The Bertz CT molecular complexity index is 1450. The van der Waals surface area contributed by atoms with Gasteiger partial charge in [0.2, 0.25) is 20.0 Å². The van der Waals surface area contributed by atoms with E-state index in [4.69, 9.17) is 4.74 Å². The Balaban J connectivity index is 1.56. The van der Waals surface area contributed by atoms with Crippen molar-refractivity contribution >= 4 is 31.4 Å². The van der Waals surface area contributed by atoms with Crippen molar-refractivity contribution in [2.75, 3.05) is 24.2 Å². The molecule has 0 spiro atoms. The standard InChI is InChI=1S/C25H27N3O6S2/c1-17-11-13-18(14-12-17)36(32,33)26-19-15-27(35(2,30)31)16-22(25(19)29)28-20-7-3-5-9-23(20)34-24-10-6-4-8-21(24)28/h3-14,19,22,25-26,29H,15-16H2,1-2H3/t19-,22+,25+/m1/s1. The lowest BCUT2D eigenvalue weighted by Crippen LogP contribution is -2.65. The molecule has 0 aromatic heterocycles. The number of aryl methyl sites for hydroxylation is 1. The topological polar surface area (TPSA) is 116 Å². The molecule has 2 heterocycles. The average molecular weight is 530 g/mol. The molecule has 3 aromatic carbocycles. The van der Waals surface area contributed by atoms with Gasteiger partial charge in [0.1, 0.15) is 0 Å². The Labute approximate surface area is 211 Å². The summed E-state index contributed by atoms with van der Waals surface area (Å²) in [7, 11) is -7.73. The number of para-hydroxylation sites is 4. The Hall–Kier alpha value is -2.96. The number of hydrogen-bond donors (Lipinski definition) is 2. The first-order valence-corrected chi connectivity index (χ1v) is 14.7. The van der Waals surface area contributed by atoms with E-state index in [0.717, 1.165) is 11.8 Å². The highest BCUT2D eigenvalue weighted by Crippen LogP contribution is 2.48. The van der Waals surface area contributed by atoms with Crippen LogP contribution in [0.2, 0.25) is 0 Å². The number of nitrogens with one attached hydrogen (secondary N) is 1. The number of anilines is 2. The number of rotatable bonds is 5. The minimum Gasteiger partial charge on any atom is -0.453 e. The molecule has 0 radical (unpaired) electrons. The van der Waals surface area contributed by atoms with Crippen molar-refractivity contribution in [3.8, 4) is 11.5 Å². The van der Waals surface area contributed by atoms with Gasteiger partial charge in [-0.2, -0.15) is 4.31 Å². The van der Waals surface area contributed by atoms with Crippen LogP contribution in [0, 0.1) is 6.92 Å². The molecule has 0 amide bonds. The molecule has 5 rings (SSSR count). The van der Waals surface area contributed by atoms with Gasteiger partial charge in [0.25, 0.3) is 0 Å². The van der Waals surface area contributed by atoms with E-state index >= 15 is 0 Å². The maximum Gasteiger partial charge on any atom is 0.240 e. The molecular weight excluding hydrogens is 502 g/mol. The fourth-order valence-electron chi connectivity index (χ4n) is 4.67. The number of hydrogen-bond acceptors (Lipinski definition) is 7. The van der Waals surface area contributed by atoms with E-state index in [9.17, 15) is 21.9 Å². The molecule has 2 aliphatic heterocycles. The molecule has 1 saturated heterocycles. The molecule has 190 valence electrons. The zero-order chi connectivity index (χ0) is 25.7. The van der Waals surface area contributed by atoms with E-state index < -0.39 is 38.2 Å². The van der Waals surface area contributed by atoms with Gasteiger partial charge in [-0.3, -0.25) is 0 Å². The van der Waals surface area contributed by atoms with Gasteiger partial charge in [-0.15, -0.1) is 0 Å². The Kier molecular flexibility index (Phi) is 6.29. The first-order valence-electron chi connectivity index (χ1n) is 11.4. The zero-order valence-electron chi connectivity index (χ0n) is 19.8. The van der Waals surface area contributed by atoms with Gasteiger partial charge >= 0.3 is 0 Å². The normalized spacial score (nSPS) is 22.4. The van der Waals surface area contributed by atoms with Crippen molar-refractivity contribution in [2.24, 2.45) is 0 Å². The molecule has 3 aromatic rings. The molecular formula is C25H27N3O6S2. The molecule has 0 saturated carbocycles.